The third-order valence-electron chi connectivity index (χ3n) is 5.28. The van der Waals surface area contributed by atoms with Crippen LogP contribution in [0.25, 0.3) is 10.9 Å². The van der Waals surface area contributed by atoms with Crippen LogP contribution in [0.15, 0.2) is 71.2 Å². The van der Waals surface area contributed by atoms with Gasteiger partial charge in [-0.25, -0.2) is 4.68 Å². The lowest BCUT2D eigenvalue weighted by atomic mass is 10.1. The molecule has 4 rings (SSSR count). The summed E-state index contributed by atoms with van der Waals surface area (Å²) in [7, 11) is 0. The van der Waals surface area contributed by atoms with Gasteiger partial charge in [0, 0.05) is 26.3 Å². The molecule has 0 atom stereocenters. The van der Waals surface area contributed by atoms with E-state index in [1.165, 1.54) is 4.68 Å². The van der Waals surface area contributed by atoms with Crippen molar-refractivity contribution in [1.29, 1.82) is 0 Å². The second-order valence-electron chi connectivity index (χ2n) is 7.72. The van der Waals surface area contributed by atoms with Crippen molar-refractivity contribution in [3.8, 4) is 0 Å². The molecule has 4 aromatic rings. The molecule has 0 unspecified atom stereocenters. The Balaban J connectivity index is 1.62. The molecule has 0 aliphatic heterocycles. The smallest absolute Gasteiger partial charge is 0.321 e. The SMILES string of the molecule is Cc1ccc(NC(=O)c2cc3cc(Br)ccc3n2NC(=O)C(=O)Nc2ccc(Cl)cc2)cc1C. The topological polar surface area (TPSA) is 92.2 Å². The van der Waals surface area contributed by atoms with Crippen LogP contribution in [0.1, 0.15) is 21.6 Å². The predicted octanol–water partition coefficient (Wildman–Crippen LogP) is 5.64. The molecule has 0 aliphatic rings. The molecule has 0 fully saturated rings. The van der Waals surface area contributed by atoms with Crippen LogP contribution >= 0.6 is 27.5 Å². The number of amides is 3. The Hall–Kier alpha value is -3.62. The molecule has 1 aromatic heterocycles. The number of anilines is 2. The molecule has 34 heavy (non-hydrogen) atoms. The zero-order chi connectivity index (χ0) is 24.4. The average Bonchev–Trinajstić information content (AvgIpc) is 3.15. The van der Waals surface area contributed by atoms with Crippen molar-refractivity contribution < 1.29 is 14.4 Å². The molecule has 9 heteroatoms. The van der Waals surface area contributed by atoms with Crippen molar-refractivity contribution in [3.05, 3.63) is 93.0 Å². The molecule has 0 spiro atoms. The van der Waals surface area contributed by atoms with Crippen molar-refractivity contribution in [2.45, 2.75) is 13.8 Å². The zero-order valence-corrected chi connectivity index (χ0v) is 20.6. The number of benzene rings is 3. The number of carbonyl (C=O) groups is 3. The highest BCUT2D eigenvalue weighted by Gasteiger charge is 2.21. The fourth-order valence-electron chi connectivity index (χ4n) is 3.36. The van der Waals surface area contributed by atoms with Crippen molar-refractivity contribution in [1.82, 2.24) is 4.68 Å². The summed E-state index contributed by atoms with van der Waals surface area (Å²) in [4.78, 5) is 38.3. The quantitative estimate of drug-likeness (QED) is 0.293. The largest absolute Gasteiger partial charge is 0.328 e. The third kappa shape index (κ3) is 5.13. The zero-order valence-electron chi connectivity index (χ0n) is 18.3. The summed E-state index contributed by atoms with van der Waals surface area (Å²) in [6.07, 6.45) is 0. The van der Waals surface area contributed by atoms with Gasteiger partial charge in [-0.3, -0.25) is 19.8 Å². The molecular formula is C25H20BrClN4O3. The van der Waals surface area contributed by atoms with Gasteiger partial charge in [0.15, 0.2) is 0 Å². The molecule has 0 bridgehead atoms. The summed E-state index contributed by atoms with van der Waals surface area (Å²) in [5.74, 6) is -2.26. The standard InChI is InChI=1S/C25H20BrClN4O3/c1-14-3-7-20(11-15(14)2)29-23(32)22-13-16-12-17(26)4-10-21(16)31(22)30-25(34)24(33)28-19-8-5-18(27)6-9-19/h3-13H,1-2H3,(H,28,33)(H,29,32)(H,30,34). The summed E-state index contributed by atoms with van der Waals surface area (Å²) >= 11 is 9.27. The van der Waals surface area contributed by atoms with Gasteiger partial charge in [-0.2, -0.15) is 0 Å². The van der Waals surface area contributed by atoms with Crippen molar-refractivity contribution >= 4 is 67.5 Å². The van der Waals surface area contributed by atoms with Gasteiger partial charge in [0.1, 0.15) is 5.69 Å². The highest BCUT2D eigenvalue weighted by molar-refractivity contribution is 9.10. The normalized spacial score (nSPS) is 10.7. The van der Waals surface area contributed by atoms with E-state index in [-0.39, 0.29) is 5.69 Å². The van der Waals surface area contributed by atoms with Gasteiger partial charge < -0.3 is 10.6 Å². The molecule has 0 saturated heterocycles. The van der Waals surface area contributed by atoms with Crippen molar-refractivity contribution in [2.75, 3.05) is 16.1 Å². The number of rotatable bonds is 4. The summed E-state index contributed by atoms with van der Waals surface area (Å²) in [6.45, 7) is 3.94. The van der Waals surface area contributed by atoms with Crippen LogP contribution in [-0.2, 0) is 9.59 Å². The molecule has 3 aromatic carbocycles. The van der Waals surface area contributed by atoms with Gasteiger partial charge in [-0.05, 0) is 85.6 Å². The van der Waals surface area contributed by atoms with Crippen molar-refractivity contribution in [3.63, 3.8) is 0 Å². The second kappa shape index (κ2) is 9.70. The molecule has 3 amide bonds. The van der Waals surface area contributed by atoms with E-state index in [9.17, 15) is 14.4 Å². The van der Waals surface area contributed by atoms with E-state index in [4.69, 9.17) is 11.6 Å². The van der Waals surface area contributed by atoms with E-state index in [0.717, 1.165) is 15.6 Å². The molecule has 3 N–H and O–H groups in total. The Labute approximate surface area is 209 Å². The van der Waals surface area contributed by atoms with Gasteiger partial charge in [-0.1, -0.05) is 33.6 Å². The Morgan fingerprint density at radius 1 is 0.794 bits per heavy atom. The lowest BCUT2D eigenvalue weighted by molar-refractivity contribution is -0.133. The number of hydrogen-bond acceptors (Lipinski definition) is 3. The van der Waals surface area contributed by atoms with Crippen LogP contribution in [-0.4, -0.2) is 22.4 Å². The van der Waals surface area contributed by atoms with Gasteiger partial charge in [-0.15, -0.1) is 0 Å². The highest BCUT2D eigenvalue weighted by atomic mass is 79.9. The van der Waals surface area contributed by atoms with E-state index in [2.05, 4.69) is 32.0 Å². The molecule has 0 aliphatic carbocycles. The van der Waals surface area contributed by atoms with Gasteiger partial charge in [0.2, 0.25) is 0 Å². The summed E-state index contributed by atoms with van der Waals surface area (Å²) < 4.78 is 2.12. The van der Waals surface area contributed by atoms with Crippen LogP contribution in [0.3, 0.4) is 0 Å². The minimum Gasteiger partial charge on any atom is -0.321 e. The van der Waals surface area contributed by atoms with E-state index in [1.807, 2.05) is 38.1 Å². The van der Waals surface area contributed by atoms with E-state index in [1.54, 1.807) is 42.5 Å². The van der Waals surface area contributed by atoms with Crippen LogP contribution in [0.5, 0.6) is 0 Å². The first-order chi connectivity index (χ1) is 16.2. The van der Waals surface area contributed by atoms with Crippen LogP contribution < -0.4 is 16.1 Å². The van der Waals surface area contributed by atoms with Crippen molar-refractivity contribution in [2.24, 2.45) is 0 Å². The number of halogens is 2. The summed E-state index contributed by atoms with van der Waals surface area (Å²) in [6, 6.07) is 18.9. The number of fused-ring (bicyclic) bond motifs is 1. The van der Waals surface area contributed by atoms with Gasteiger partial charge >= 0.3 is 11.8 Å². The molecule has 0 radical (unpaired) electrons. The van der Waals surface area contributed by atoms with Crippen LogP contribution in [0.4, 0.5) is 11.4 Å². The number of aromatic nitrogens is 1. The molecule has 1 heterocycles. The number of hydrogen-bond donors (Lipinski definition) is 3. The van der Waals surface area contributed by atoms with E-state index in [0.29, 0.717) is 27.3 Å². The molecule has 7 nitrogen and oxygen atoms in total. The molecule has 172 valence electrons. The maximum atomic E-state index is 13.2. The molecule has 0 saturated carbocycles. The summed E-state index contributed by atoms with van der Waals surface area (Å²) in [5, 5.41) is 6.57. The lowest BCUT2D eigenvalue weighted by Crippen LogP contribution is -2.36. The van der Waals surface area contributed by atoms with Crippen LogP contribution in [0.2, 0.25) is 5.02 Å². The first-order valence-corrected chi connectivity index (χ1v) is 11.5. The van der Waals surface area contributed by atoms with E-state index < -0.39 is 17.7 Å². The first-order valence-electron chi connectivity index (χ1n) is 10.3. The summed E-state index contributed by atoms with van der Waals surface area (Å²) in [5.41, 5.74) is 6.44. The van der Waals surface area contributed by atoms with Gasteiger partial charge in [0.25, 0.3) is 5.91 Å². The predicted molar refractivity (Wildman–Crippen MR) is 138 cm³/mol. The number of nitrogens with one attached hydrogen (secondary N) is 3. The third-order valence-corrected chi connectivity index (χ3v) is 6.03. The monoisotopic (exact) mass is 538 g/mol. The minimum absolute atomic E-state index is 0.166. The Kier molecular flexibility index (Phi) is 6.72. The maximum absolute atomic E-state index is 13.2. The fraction of sp³-hybridized carbons (Fsp3) is 0.0800. The lowest BCUT2D eigenvalue weighted by Gasteiger charge is -2.13. The number of nitrogens with zero attached hydrogens (tertiary/aromatic N) is 1. The Bertz CT molecular complexity index is 1430. The first kappa shape index (κ1) is 23.5. The number of carbonyl (C=O) groups excluding carboxylic acids is 3. The maximum Gasteiger partial charge on any atom is 0.328 e. The fourth-order valence-corrected chi connectivity index (χ4v) is 3.87. The number of aryl methyl sites for hydroxylation is 2. The van der Waals surface area contributed by atoms with Gasteiger partial charge in [0.05, 0.1) is 5.52 Å². The average molecular weight is 540 g/mol. The van der Waals surface area contributed by atoms with E-state index >= 15 is 0 Å². The van der Waals surface area contributed by atoms with Crippen LogP contribution in [0, 0.1) is 13.8 Å². The molecular weight excluding hydrogens is 520 g/mol. The minimum atomic E-state index is -0.935. The second-order valence-corrected chi connectivity index (χ2v) is 9.08. The Morgan fingerprint density at radius 3 is 2.21 bits per heavy atom. The Morgan fingerprint density at radius 2 is 1.50 bits per heavy atom. The highest BCUT2D eigenvalue weighted by Crippen LogP contribution is 2.24.